The van der Waals surface area contributed by atoms with Gasteiger partial charge in [-0.1, -0.05) is 41.5 Å². The molecule has 3 aromatic rings. The van der Waals surface area contributed by atoms with Gasteiger partial charge in [-0.25, -0.2) is 0 Å². The van der Waals surface area contributed by atoms with E-state index in [1.807, 2.05) is 46.8 Å². The Balaban J connectivity index is 1.32. The van der Waals surface area contributed by atoms with Crippen molar-refractivity contribution in [1.82, 2.24) is 4.90 Å². The number of carbonyl (C=O) groups is 3. The molecule has 0 spiro atoms. The number of piperidine rings is 1. The SMILES string of the molecule is Cc1cc(CC(C)(C)C(=O)Oc2ccc(C)c([C@]34CCN(CC5CC5)C(C)C3(O)CCC(=O)C4)c2O)c2cc(C)cc(CC(C)(C)C(=O)O)c2c1. The molecule has 3 N–H and O–H groups in total. The maximum absolute atomic E-state index is 14.1. The number of phenols is 1. The van der Waals surface area contributed by atoms with Crippen molar-refractivity contribution < 1.29 is 34.4 Å². The molecule has 1 heterocycles. The minimum atomic E-state index is -1.24. The first-order valence-electron chi connectivity index (χ1n) is 18.6. The first-order chi connectivity index (χ1) is 23.8. The van der Waals surface area contributed by atoms with Crippen LogP contribution in [0.25, 0.3) is 10.8 Å². The monoisotopic (exact) mass is 697 g/mol. The van der Waals surface area contributed by atoms with Crippen LogP contribution in [-0.4, -0.2) is 62.7 Å². The minimum Gasteiger partial charge on any atom is -0.504 e. The molecule has 0 radical (unpaired) electrons. The average molecular weight is 698 g/mol. The maximum Gasteiger partial charge on any atom is 0.317 e. The number of hydrogen-bond donors (Lipinski definition) is 3. The van der Waals surface area contributed by atoms with E-state index >= 15 is 0 Å². The minimum absolute atomic E-state index is 0.0274. The van der Waals surface area contributed by atoms with Gasteiger partial charge >= 0.3 is 11.9 Å². The second kappa shape index (κ2) is 13.0. The number of rotatable bonds is 10. The second-order valence-electron chi connectivity index (χ2n) is 17.4. The van der Waals surface area contributed by atoms with Crippen LogP contribution >= 0.6 is 0 Å². The van der Waals surface area contributed by atoms with E-state index in [9.17, 15) is 29.7 Å². The predicted octanol–water partition coefficient (Wildman–Crippen LogP) is 7.52. The molecule has 2 aliphatic carbocycles. The highest BCUT2D eigenvalue weighted by Crippen LogP contribution is 2.57. The van der Waals surface area contributed by atoms with Crippen LogP contribution < -0.4 is 4.74 Å². The topological polar surface area (TPSA) is 124 Å². The van der Waals surface area contributed by atoms with Gasteiger partial charge in [0.25, 0.3) is 0 Å². The van der Waals surface area contributed by atoms with Gasteiger partial charge in [0.15, 0.2) is 11.5 Å². The number of nitrogens with zero attached hydrogens (tertiary/aromatic N) is 1. The van der Waals surface area contributed by atoms with Gasteiger partial charge in [0.2, 0.25) is 0 Å². The average Bonchev–Trinajstić information content (AvgIpc) is 3.86. The lowest BCUT2D eigenvalue weighted by atomic mass is 9.53. The van der Waals surface area contributed by atoms with Crippen LogP contribution in [0.2, 0.25) is 0 Å². The molecule has 3 atom stereocenters. The summed E-state index contributed by atoms with van der Waals surface area (Å²) in [7, 11) is 0. The summed E-state index contributed by atoms with van der Waals surface area (Å²) in [4.78, 5) is 41.6. The summed E-state index contributed by atoms with van der Waals surface area (Å²) >= 11 is 0. The van der Waals surface area contributed by atoms with Gasteiger partial charge in [-0.2, -0.15) is 0 Å². The zero-order valence-electron chi connectivity index (χ0n) is 31.6. The van der Waals surface area contributed by atoms with Crippen molar-refractivity contribution in [2.75, 3.05) is 13.1 Å². The number of carboxylic acid groups (broad SMARTS) is 1. The molecule has 8 nitrogen and oxygen atoms in total. The second-order valence-corrected chi connectivity index (χ2v) is 17.4. The number of aryl methyl sites for hydroxylation is 3. The fraction of sp³-hybridized carbons (Fsp3) is 0.558. The van der Waals surface area contributed by atoms with Crippen LogP contribution in [-0.2, 0) is 32.6 Å². The molecule has 3 aliphatic rings. The van der Waals surface area contributed by atoms with Crippen molar-refractivity contribution in [2.45, 2.75) is 124 Å². The number of aliphatic hydroxyl groups is 1. The van der Waals surface area contributed by atoms with Crippen LogP contribution in [0.3, 0.4) is 0 Å². The molecule has 1 saturated heterocycles. The van der Waals surface area contributed by atoms with E-state index in [0.717, 1.165) is 45.1 Å². The molecule has 2 saturated carbocycles. The number of phenolic OH excluding ortho intramolecular Hbond substituents is 1. The number of hydrogen-bond acceptors (Lipinski definition) is 7. The normalized spacial score (nSPS) is 24.4. The summed E-state index contributed by atoms with van der Waals surface area (Å²) < 4.78 is 6.06. The number of Topliss-reactive ketones (excluding diaryl/α,β-unsaturated/α-hetero) is 1. The Kier molecular flexibility index (Phi) is 9.46. The Morgan fingerprint density at radius 3 is 2.08 bits per heavy atom. The fourth-order valence-corrected chi connectivity index (χ4v) is 9.12. The third-order valence-corrected chi connectivity index (χ3v) is 12.3. The summed E-state index contributed by atoms with van der Waals surface area (Å²) in [6, 6.07) is 11.5. The summed E-state index contributed by atoms with van der Waals surface area (Å²) in [5, 5.41) is 36.4. The van der Waals surface area contributed by atoms with Gasteiger partial charge in [0.05, 0.1) is 16.4 Å². The highest BCUT2D eigenvalue weighted by molar-refractivity contribution is 5.92. The summed E-state index contributed by atoms with van der Waals surface area (Å²) in [6.45, 7) is 16.7. The van der Waals surface area contributed by atoms with Crippen molar-refractivity contribution in [3.8, 4) is 11.5 Å². The third-order valence-electron chi connectivity index (χ3n) is 12.3. The van der Waals surface area contributed by atoms with E-state index < -0.39 is 33.8 Å². The number of aliphatic carboxylic acids is 1. The van der Waals surface area contributed by atoms with E-state index in [-0.39, 0.29) is 29.7 Å². The molecule has 51 heavy (non-hydrogen) atoms. The van der Waals surface area contributed by atoms with Gasteiger partial charge < -0.3 is 20.1 Å². The van der Waals surface area contributed by atoms with Gasteiger partial charge in [-0.05, 0) is 140 Å². The van der Waals surface area contributed by atoms with E-state index in [0.29, 0.717) is 50.1 Å². The van der Waals surface area contributed by atoms with Crippen molar-refractivity contribution >= 4 is 28.5 Å². The van der Waals surface area contributed by atoms with Crippen LogP contribution in [0, 0.1) is 37.5 Å². The Morgan fingerprint density at radius 2 is 1.51 bits per heavy atom. The number of ketones is 1. The van der Waals surface area contributed by atoms with E-state index in [2.05, 4.69) is 30.0 Å². The molecule has 3 fully saturated rings. The molecule has 8 heteroatoms. The maximum atomic E-state index is 14.1. The van der Waals surface area contributed by atoms with E-state index in [4.69, 9.17) is 4.74 Å². The standard InChI is InChI=1S/C43H55NO7/c1-25-17-30(21-40(5,6)38(47)48)33-19-26(2)18-31(34(33)20-25)22-41(7,8)39(49)51-35-12-9-27(3)36(37(35)46)42-15-16-44(24-29-10-11-29)28(4)43(42,50)14-13-32(45)23-42/h9,12,17-20,28-29,46,50H,10-11,13-16,21-24H2,1-8H3,(H,47,48)/t28?,42-,43?/m1/s1. The van der Waals surface area contributed by atoms with Gasteiger partial charge in [-0.15, -0.1) is 0 Å². The van der Waals surface area contributed by atoms with Crippen molar-refractivity contribution in [1.29, 1.82) is 0 Å². The van der Waals surface area contributed by atoms with Crippen molar-refractivity contribution in [3.63, 3.8) is 0 Å². The van der Waals surface area contributed by atoms with Crippen LogP contribution in [0.1, 0.15) is 107 Å². The number of benzene rings is 3. The van der Waals surface area contributed by atoms with Crippen LogP contribution in [0.4, 0.5) is 0 Å². The molecule has 6 rings (SSSR count). The highest BCUT2D eigenvalue weighted by atomic mass is 16.5. The lowest BCUT2D eigenvalue weighted by Gasteiger charge is -2.60. The first-order valence-corrected chi connectivity index (χ1v) is 18.6. The summed E-state index contributed by atoms with van der Waals surface area (Å²) in [5.74, 6) is -0.799. The summed E-state index contributed by atoms with van der Waals surface area (Å²) in [6.07, 6.45) is 4.41. The zero-order chi connectivity index (χ0) is 37.3. The van der Waals surface area contributed by atoms with Gasteiger partial charge in [-0.3, -0.25) is 19.3 Å². The zero-order valence-corrected chi connectivity index (χ0v) is 31.6. The van der Waals surface area contributed by atoms with Crippen LogP contribution in [0.15, 0.2) is 36.4 Å². The molecule has 3 aromatic carbocycles. The summed E-state index contributed by atoms with van der Waals surface area (Å²) in [5.41, 5.74) is 0.992. The number of fused-ring (bicyclic) bond motifs is 2. The molecule has 1 aliphatic heterocycles. The Bertz CT molecular complexity index is 1910. The fourth-order valence-electron chi connectivity index (χ4n) is 9.12. The molecule has 2 unspecified atom stereocenters. The van der Waals surface area contributed by atoms with Crippen molar-refractivity contribution in [2.24, 2.45) is 16.7 Å². The molecule has 0 bridgehead atoms. The number of carboxylic acids is 1. The van der Waals surface area contributed by atoms with E-state index in [1.165, 1.54) is 12.8 Å². The van der Waals surface area contributed by atoms with Gasteiger partial charge in [0.1, 0.15) is 5.78 Å². The third kappa shape index (κ3) is 6.70. The molecule has 0 aromatic heterocycles. The molecule has 274 valence electrons. The lowest BCUT2D eigenvalue weighted by Crippen LogP contribution is -2.70. The number of ether oxygens (including phenoxy) is 1. The number of aromatic hydroxyl groups is 1. The predicted molar refractivity (Wildman–Crippen MR) is 198 cm³/mol. The Hall–Kier alpha value is -3.75. The van der Waals surface area contributed by atoms with Gasteiger partial charge in [0, 0.05) is 36.4 Å². The number of esters is 1. The van der Waals surface area contributed by atoms with E-state index in [1.54, 1.807) is 19.9 Å². The molecular weight excluding hydrogens is 642 g/mol. The smallest absolute Gasteiger partial charge is 0.317 e. The number of carbonyl (C=O) groups excluding carboxylic acids is 2. The molecule has 0 amide bonds. The van der Waals surface area contributed by atoms with Crippen LogP contribution in [0.5, 0.6) is 11.5 Å². The largest absolute Gasteiger partial charge is 0.504 e. The lowest BCUT2D eigenvalue weighted by molar-refractivity contribution is -0.165. The number of likely N-dealkylation sites (tertiary alicyclic amines) is 1. The molecular formula is C43H55NO7. The highest BCUT2D eigenvalue weighted by Gasteiger charge is 2.62. The van der Waals surface area contributed by atoms with Crippen molar-refractivity contribution in [3.05, 3.63) is 69.8 Å². The Labute approximate surface area is 302 Å². The first kappa shape index (κ1) is 37.0. The quantitative estimate of drug-likeness (QED) is 0.147. The Morgan fingerprint density at radius 1 is 0.922 bits per heavy atom.